The van der Waals surface area contributed by atoms with E-state index in [0.717, 1.165) is 24.4 Å². The number of rotatable bonds is 5. The van der Waals surface area contributed by atoms with Crippen LogP contribution in [0.4, 0.5) is 18.9 Å². The molecule has 0 unspecified atom stereocenters. The van der Waals surface area contributed by atoms with Crippen molar-refractivity contribution < 1.29 is 26.3 Å². The smallest absolute Gasteiger partial charge is 0.419 e. The molecular formula is C17H16BrClF3N3O3S. The van der Waals surface area contributed by atoms with Crippen molar-refractivity contribution in [2.24, 2.45) is 0 Å². The van der Waals surface area contributed by atoms with Crippen LogP contribution in [0, 0.1) is 0 Å². The van der Waals surface area contributed by atoms with E-state index in [1.54, 1.807) is 6.92 Å². The summed E-state index contributed by atoms with van der Waals surface area (Å²) in [4.78, 5) is 3.54. The minimum absolute atomic E-state index is 0.0753. The Balaban J connectivity index is 1.95. The highest BCUT2D eigenvalue weighted by atomic mass is 79.9. The molecule has 29 heavy (non-hydrogen) atoms. The third-order valence-corrected chi connectivity index (χ3v) is 6.79. The van der Waals surface area contributed by atoms with Crippen molar-refractivity contribution in [2.45, 2.75) is 30.0 Å². The van der Waals surface area contributed by atoms with Gasteiger partial charge in [0.15, 0.2) is 0 Å². The van der Waals surface area contributed by atoms with Crippen molar-refractivity contribution in [1.82, 2.24) is 10.3 Å². The van der Waals surface area contributed by atoms with E-state index in [9.17, 15) is 21.6 Å². The maximum atomic E-state index is 13.4. The molecule has 2 aromatic rings. The van der Waals surface area contributed by atoms with Crippen LogP contribution >= 0.6 is 27.5 Å². The molecule has 3 rings (SSSR count). The summed E-state index contributed by atoms with van der Waals surface area (Å²) in [5.41, 5.74) is -1.89. The minimum Gasteiger partial charge on any atom is -0.485 e. The molecule has 2 heterocycles. The van der Waals surface area contributed by atoms with Crippen LogP contribution in [0.5, 0.6) is 5.75 Å². The number of halogens is 5. The normalized spacial score (nSPS) is 19.9. The first kappa shape index (κ1) is 22.1. The molecule has 0 aliphatic carbocycles. The molecule has 0 amide bonds. The number of alkyl halides is 3. The Kier molecular flexibility index (Phi) is 6.06. The number of nitrogens with one attached hydrogen (secondary N) is 2. The lowest BCUT2D eigenvalue weighted by Gasteiger charge is -2.27. The Bertz CT molecular complexity index is 1030. The largest absolute Gasteiger partial charge is 0.485 e. The highest BCUT2D eigenvalue weighted by Crippen LogP contribution is 2.40. The Morgan fingerprint density at radius 3 is 2.66 bits per heavy atom. The molecule has 6 nitrogen and oxygen atoms in total. The molecule has 0 radical (unpaired) electrons. The van der Waals surface area contributed by atoms with Crippen LogP contribution in [0.25, 0.3) is 0 Å². The summed E-state index contributed by atoms with van der Waals surface area (Å²) in [5.74, 6) is -0.445. The van der Waals surface area contributed by atoms with E-state index in [1.807, 2.05) is 0 Å². The van der Waals surface area contributed by atoms with Crippen LogP contribution in [-0.4, -0.2) is 32.1 Å². The summed E-state index contributed by atoms with van der Waals surface area (Å²) >= 11 is 8.85. The average Bonchev–Trinajstić information content (AvgIpc) is 3.02. The molecule has 1 fully saturated rings. The van der Waals surface area contributed by atoms with E-state index >= 15 is 0 Å². The zero-order valence-electron chi connectivity index (χ0n) is 15.0. The van der Waals surface area contributed by atoms with E-state index in [1.165, 1.54) is 6.07 Å². The number of nitrogens with zero attached hydrogens (tertiary/aromatic N) is 1. The number of anilines is 1. The minimum atomic E-state index is -4.65. The number of ether oxygens (including phenoxy) is 1. The van der Waals surface area contributed by atoms with Gasteiger partial charge in [-0.15, -0.1) is 0 Å². The lowest BCUT2D eigenvalue weighted by molar-refractivity contribution is -0.139. The highest BCUT2D eigenvalue weighted by Gasteiger charge is 2.38. The van der Waals surface area contributed by atoms with Crippen LogP contribution in [-0.2, 0) is 16.2 Å². The van der Waals surface area contributed by atoms with Gasteiger partial charge in [-0.2, -0.15) is 13.2 Å². The topological polar surface area (TPSA) is 80.3 Å². The second kappa shape index (κ2) is 7.93. The summed E-state index contributed by atoms with van der Waals surface area (Å²) in [5, 5.41) is 3.11. The number of hydrogen-bond donors (Lipinski definition) is 2. The third kappa shape index (κ3) is 5.14. The van der Waals surface area contributed by atoms with Gasteiger partial charge < -0.3 is 10.1 Å². The van der Waals surface area contributed by atoms with Gasteiger partial charge in [0, 0.05) is 25.2 Å². The first-order chi connectivity index (χ1) is 13.4. The maximum Gasteiger partial charge on any atom is 0.419 e. The molecule has 1 aromatic carbocycles. The molecule has 1 aliphatic heterocycles. The molecule has 0 saturated carbocycles. The van der Waals surface area contributed by atoms with E-state index in [-0.39, 0.29) is 20.2 Å². The lowest BCUT2D eigenvalue weighted by atomic mass is 10.1. The number of aromatic nitrogens is 1. The van der Waals surface area contributed by atoms with Gasteiger partial charge in [0.1, 0.15) is 21.4 Å². The Morgan fingerprint density at radius 1 is 1.34 bits per heavy atom. The maximum absolute atomic E-state index is 13.4. The number of benzene rings is 1. The molecule has 0 bridgehead atoms. The predicted octanol–water partition coefficient (Wildman–Crippen LogP) is 4.45. The van der Waals surface area contributed by atoms with Crippen molar-refractivity contribution in [2.75, 3.05) is 17.8 Å². The summed E-state index contributed by atoms with van der Waals surface area (Å²) in [6.07, 6.45) is -3.09. The second-order valence-electron chi connectivity index (χ2n) is 6.74. The van der Waals surface area contributed by atoms with Crippen molar-refractivity contribution in [3.8, 4) is 5.75 Å². The van der Waals surface area contributed by atoms with Crippen molar-refractivity contribution in [3.63, 3.8) is 0 Å². The summed E-state index contributed by atoms with van der Waals surface area (Å²) in [7, 11) is -4.11. The average molecular weight is 515 g/mol. The first-order valence-corrected chi connectivity index (χ1v) is 11.0. The number of hydrogen-bond acceptors (Lipinski definition) is 5. The third-order valence-electron chi connectivity index (χ3n) is 4.31. The van der Waals surface area contributed by atoms with Gasteiger partial charge in [0.2, 0.25) is 0 Å². The van der Waals surface area contributed by atoms with Gasteiger partial charge in [0.05, 0.1) is 15.7 Å². The monoisotopic (exact) mass is 513 g/mol. The fraction of sp³-hybridized carbons (Fsp3) is 0.353. The molecule has 1 aromatic heterocycles. The zero-order valence-corrected chi connectivity index (χ0v) is 18.1. The first-order valence-electron chi connectivity index (χ1n) is 8.34. The van der Waals surface area contributed by atoms with Crippen LogP contribution in [0.1, 0.15) is 18.9 Å². The van der Waals surface area contributed by atoms with Gasteiger partial charge in [-0.1, -0.05) is 11.6 Å². The highest BCUT2D eigenvalue weighted by molar-refractivity contribution is 9.10. The van der Waals surface area contributed by atoms with Crippen molar-refractivity contribution >= 4 is 43.2 Å². The van der Waals surface area contributed by atoms with Gasteiger partial charge in [0.25, 0.3) is 10.0 Å². The summed E-state index contributed by atoms with van der Waals surface area (Å²) in [6, 6.07) is 4.09. The van der Waals surface area contributed by atoms with Crippen LogP contribution < -0.4 is 14.8 Å². The predicted molar refractivity (Wildman–Crippen MR) is 106 cm³/mol. The molecule has 0 spiro atoms. The second-order valence-corrected chi connectivity index (χ2v) is 9.63. The van der Waals surface area contributed by atoms with E-state index < -0.39 is 33.1 Å². The number of pyridine rings is 1. The molecule has 1 aliphatic rings. The van der Waals surface area contributed by atoms with Crippen LogP contribution in [0.15, 0.2) is 39.8 Å². The molecule has 1 atom stereocenters. The van der Waals surface area contributed by atoms with Gasteiger partial charge >= 0.3 is 6.18 Å². The SMILES string of the molecule is C[C@@]1(Oc2cc(NS(=O)(=O)c3cnc(Cl)c(Br)c3)ccc2C(F)(F)F)CCNC1. The fourth-order valence-corrected chi connectivity index (χ4v) is 4.44. The number of sulfonamides is 1. The molecule has 2 N–H and O–H groups in total. The van der Waals surface area contributed by atoms with E-state index in [2.05, 4.69) is 31.0 Å². The quantitative estimate of drug-likeness (QED) is 0.577. The van der Waals surface area contributed by atoms with Gasteiger partial charge in [-0.25, -0.2) is 13.4 Å². The molecule has 12 heteroatoms. The van der Waals surface area contributed by atoms with E-state index in [0.29, 0.717) is 19.5 Å². The van der Waals surface area contributed by atoms with Crippen molar-refractivity contribution in [1.29, 1.82) is 0 Å². The van der Waals surface area contributed by atoms with Gasteiger partial charge in [-0.3, -0.25) is 4.72 Å². The van der Waals surface area contributed by atoms with Crippen LogP contribution in [0.3, 0.4) is 0 Å². The Hall–Kier alpha value is -1.56. The zero-order chi connectivity index (χ0) is 21.4. The van der Waals surface area contributed by atoms with Crippen molar-refractivity contribution in [3.05, 3.63) is 45.7 Å². The molecule has 1 saturated heterocycles. The Labute approximate surface area is 179 Å². The molecule has 158 valence electrons. The van der Waals surface area contributed by atoms with E-state index in [4.69, 9.17) is 16.3 Å². The summed E-state index contributed by atoms with van der Waals surface area (Å²) in [6.45, 7) is 2.69. The standard InChI is InChI=1S/C17H16BrClF3N3O3S/c1-16(4-5-23-9-16)28-14-6-10(2-3-12(14)17(20,21)22)25-29(26,27)11-7-13(18)15(19)24-8-11/h2-3,6-8,23,25H,4-5,9H2,1H3/t16-/m1/s1. The fourth-order valence-electron chi connectivity index (χ4n) is 2.82. The Morgan fingerprint density at radius 2 is 2.07 bits per heavy atom. The summed E-state index contributed by atoms with van der Waals surface area (Å²) < 4.78 is 73.5. The van der Waals surface area contributed by atoms with Gasteiger partial charge in [-0.05, 0) is 47.6 Å². The lowest BCUT2D eigenvalue weighted by Crippen LogP contribution is -2.35. The molecular weight excluding hydrogens is 499 g/mol. The van der Waals surface area contributed by atoms with Crippen LogP contribution in [0.2, 0.25) is 5.15 Å².